The third kappa shape index (κ3) is 3.58. The van der Waals surface area contributed by atoms with Crippen molar-refractivity contribution in [3.63, 3.8) is 0 Å². The van der Waals surface area contributed by atoms with E-state index < -0.39 is 0 Å². The topological polar surface area (TPSA) is 42.7 Å². The summed E-state index contributed by atoms with van der Waals surface area (Å²) < 4.78 is 1.94. The van der Waals surface area contributed by atoms with Crippen LogP contribution in [0.4, 0.5) is 0 Å². The summed E-state index contributed by atoms with van der Waals surface area (Å²) in [5.41, 5.74) is 1.31. The number of aryl methyl sites for hydroxylation is 1. The van der Waals surface area contributed by atoms with Gasteiger partial charge in [-0.05, 0) is 43.3 Å². The molecule has 0 saturated carbocycles. The molecule has 0 saturated heterocycles. The van der Waals surface area contributed by atoms with Gasteiger partial charge in [-0.2, -0.15) is 0 Å². The van der Waals surface area contributed by atoms with Gasteiger partial charge in [0.2, 0.25) is 0 Å². The van der Waals surface area contributed by atoms with E-state index in [1.165, 1.54) is 10.5 Å². The van der Waals surface area contributed by atoms with Crippen molar-refractivity contribution in [1.29, 1.82) is 0 Å². The Hall–Kier alpha value is -1.33. The summed E-state index contributed by atoms with van der Waals surface area (Å²) in [6, 6.07) is 8.80. The Morgan fingerprint density at radius 3 is 2.84 bits per heavy atom. The van der Waals surface area contributed by atoms with Gasteiger partial charge in [-0.3, -0.25) is 0 Å². The van der Waals surface area contributed by atoms with Crippen molar-refractivity contribution in [2.45, 2.75) is 36.4 Å². The molecule has 1 N–H and O–H groups in total. The molecule has 2 aromatic rings. The standard InChI is InChI=1S/C14H20N4S/c1-4-9-15-11(2)12-7-5-6-8-13(12)19-14-17-16-10-18(14)3/h5-8,10-11,15H,4,9H2,1-3H3. The van der Waals surface area contributed by atoms with Gasteiger partial charge in [-0.15, -0.1) is 10.2 Å². The number of hydrogen-bond donors (Lipinski definition) is 1. The van der Waals surface area contributed by atoms with E-state index in [0.717, 1.165) is 18.1 Å². The molecular formula is C14H20N4S. The summed E-state index contributed by atoms with van der Waals surface area (Å²) in [4.78, 5) is 1.23. The first kappa shape index (κ1) is 14.1. The second-order valence-corrected chi connectivity index (χ2v) is 5.55. The van der Waals surface area contributed by atoms with Gasteiger partial charge in [0, 0.05) is 18.0 Å². The van der Waals surface area contributed by atoms with Gasteiger partial charge in [0.05, 0.1) is 0 Å². The maximum absolute atomic E-state index is 4.13. The van der Waals surface area contributed by atoms with Crippen LogP contribution in [-0.2, 0) is 7.05 Å². The lowest BCUT2D eigenvalue weighted by atomic mass is 10.1. The molecule has 0 radical (unpaired) electrons. The minimum absolute atomic E-state index is 0.344. The van der Waals surface area contributed by atoms with Crippen LogP contribution in [0.3, 0.4) is 0 Å². The molecule has 0 spiro atoms. The Bertz CT molecular complexity index is 524. The van der Waals surface area contributed by atoms with E-state index >= 15 is 0 Å². The molecule has 1 atom stereocenters. The van der Waals surface area contributed by atoms with E-state index in [0.29, 0.717) is 6.04 Å². The summed E-state index contributed by atoms with van der Waals surface area (Å²) in [5, 5.41) is 12.5. The predicted molar refractivity (Wildman–Crippen MR) is 78.3 cm³/mol. The highest BCUT2D eigenvalue weighted by atomic mass is 32.2. The van der Waals surface area contributed by atoms with E-state index in [-0.39, 0.29) is 0 Å². The Kier molecular flexibility index (Phi) is 4.99. The van der Waals surface area contributed by atoms with Crippen molar-refractivity contribution in [2.75, 3.05) is 6.54 Å². The molecule has 1 heterocycles. The van der Waals surface area contributed by atoms with Crippen molar-refractivity contribution in [1.82, 2.24) is 20.1 Å². The van der Waals surface area contributed by atoms with Crippen LogP contribution in [0.1, 0.15) is 31.9 Å². The minimum Gasteiger partial charge on any atom is -0.311 e. The largest absolute Gasteiger partial charge is 0.311 e. The van der Waals surface area contributed by atoms with E-state index in [4.69, 9.17) is 0 Å². The summed E-state index contributed by atoms with van der Waals surface area (Å²) in [5.74, 6) is 0. The molecule has 19 heavy (non-hydrogen) atoms. The Balaban J connectivity index is 2.18. The van der Waals surface area contributed by atoms with Crippen LogP contribution in [0, 0.1) is 0 Å². The SMILES string of the molecule is CCCNC(C)c1ccccc1Sc1nncn1C. The highest BCUT2D eigenvalue weighted by molar-refractivity contribution is 7.99. The van der Waals surface area contributed by atoms with Gasteiger partial charge < -0.3 is 9.88 Å². The molecule has 0 amide bonds. The molecule has 1 aromatic carbocycles. The molecule has 0 aliphatic carbocycles. The second-order valence-electron chi connectivity index (χ2n) is 4.54. The smallest absolute Gasteiger partial charge is 0.195 e. The van der Waals surface area contributed by atoms with Crippen LogP contribution in [0.25, 0.3) is 0 Å². The van der Waals surface area contributed by atoms with Gasteiger partial charge in [-0.1, -0.05) is 25.1 Å². The lowest BCUT2D eigenvalue weighted by Gasteiger charge is -2.17. The number of aromatic nitrogens is 3. The zero-order chi connectivity index (χ0) is 13.7. The van der Waals surface area contributed by atoms with Crippen LogP contribution < -0.4 is 5.32 Å². The van der Waals surface area contributed by atoms with Crippen molar-refractivity contribution < 1.29 is 0 Å². The van der Waals surface area contributed by atoms with E-state index in [9.17, 15) is 0 Å². The molecule has 1 unspecified atom stereocenters. The Labute approximate surface area is 118 Å². The lowest BCUT2D eigenvalue weighted by molar-refractivity contribution is 0.563. The molecule has 0 fully saturated rings. The monoisotopic (exact) mass is 276 g/mol. The Morgan fingerprint density at radius 2 is 2.16 bits per heavy atom. The fourth-order valence-electron chi connectivity index (χ4n) is 1.87. The van der Waals surface area contributed by atoms with E-state index in [1.54, 1.807) is 18.1 Å². The number of nitrogens with one attached hydrogen (secondary N) is 1. The van der Waals surface area contributed by atoms with Crippen molar-refractivity contribution >= 4 is 11.8 Å². The van der Waals surface area contributed by atoms with Gasteiger partial charge in [0.15, 0.2) is 5.16 Å². The first-order valence-corrected chi connectivity index (χ1v) is 7.38. The average Bonchev–Trinajstić information content (AvgIpc) is 2.82. The van der Waals surface area contributed by atoms with Crippen molar-refractivity contribution in [3.05, 3.63) is 36.2 Å². The zero-order valence-corrected chi connectivity index (χ0v) is 12.4. The molecule has 5 heteroatoms. The van der Waals surface area contributed by atoms with Gasteiger partial charge >= 0.3 is 0 Å². The molecule has 1 aromatic heterocycles. The van der Waals surface area contributed by atoms with Crippen LogP contribution in [0.2, 0.25) is 0 Å². The molecular weight excluding hydrogens is 256 g/mol. The quantitative estimate of drug-likeness (QED) is 0.880. The summed E-state index contributed by atoms with van der Waals surface area (Å²) in [6.07, 6.45) is 2.87. The molecule has 0 bridgehead atoms. The summed E-state index contributed by atoms with van der Waals surface area (Å²) >= 11 is 1.66. The van der Waals surface area contributed by atoms with Gasteiger partial charge in [0.25, 0.3) is 0 Å². The number of nitrogens with zero attached hydrogens (tertiary/aromatic N) is 3. The number of hydrogen-bond acceptors (Lipinski definition) is 4. The summed E-state index contributed by atoms with van der Waals surface area (Å²) in [7, 11) is 1.96. The minimum atomic E-state index is 0.344. The van der Waals surface area contributed by atoms with Crippen LogP contribution >= 0.6 is 11.8 Å². The second kappa shape index (κ2) is 6.73. The van der Waals surface area contributed by atoms with Crippen molar-refractivity contribution in [3.8, 4) is 0 Å². The number of rotatable bonds is 6. The fraction of sp³-hybridized carbons (Fsp3) is 0.429. The predicted octanol–water partition coefficient (Wildman–Crippen LogP) is 3.03. The fourth-order valence-corrected chi connectivity index (χ4v) is 2.85. The normalized spacial score (nSPS) is 12.6. The highest BCUT2D eigenvalue weighted by Gasteiger charge is 2.12. The lowest BCUT2D eigenvalue weighted by Crippen LogP contribution is -2.19. The zero-order valence-electron chi connectivity index (χ0n) is 11.6. The first-order chi connectivity index (χ1) is 9.22. The highest BCUT2D eigenvalue weighted by Crippen LogP contribution is 2.31. The molecule has 4 nitrogen and oxygen atoms in total. The third-order valence-electron chi connectivity index (χ3n) is 2.96. The Morgan fingerprint density at radius 1 is 1.37 bits per heavy atom. The van der Waals surface area contributed by atoms with Crippen LogP contribution in [-0.4, -0.2) is 21.3 Å². The number of benzene rings is 1. The average molecular weight is 276 g/mol. The summed E-state index contributed by atoms with van der Waals surface area (Å²) in [6.45, 7) is 5.41. The third-order valence-corrected chi connectivity index (χ3v) is 4.10. The van der Waals surface area contributed by atoms with Crippen molar-refractivity contribution in [2.24, 2.45) is 7.05 Å². The van der Waals surface area contributed by atoms with Gasteiger partial charge in [-0.25, -0.2) is 0 Å². The van der Waals surface area contributed by atoms with Crippen LogP contribution in [0.5, 0.6) is 0 Å². The maximum atomic E-state index is 4.13. The molecule has 0 aliphatic rings. The molecule has 0 aliphatic heterocycles. The van der Waals surface area contributed by atoms with E-state index in [1.807, 2.05) is 11.6 Å². The van der Waals surface area contributed by atoms with E-state index in [2.05, 4.69) is 53.6 Å². The molecule has 102 valence electrons. The van der Waals surface area contributed by atoms with Gasteiger partial charge in [0.1, 0.15) is 6.33 Å². The van der Waals surface area contributed by atoms with Crippen LogP contribution in [0.15, 0.2) is 40.6 Å². The first-order valence-electron chi connectivity index (χ1n) is 6.56. The molecule has 2 rings (SSSR count). The maximum Gasteiger partial charge on any atom is 0.195 e.